The molecule has 0 N–H and O–H groups in total. The summed E-state index contributed by atoms with van der Waals surface area (Å²) in [5, 5.41) is 0. The molecule has 0 amide bonds. The molecule has 0 aliphatic rings. The van der Waals surface area contributed by atoms with Crippen LogP contribution in [0.3, 0.4) is 0 Å². The molecule has 1 aromatic carbocycles. The van der Waals surface area contributed by atoms with E-state index in [-0.39, 0.29) is 0 Å². The van der Waals surface area contributed by atoms with Crippen LogP contribution in [0.15, 0.2) is 41.0 Å². The van der Waals surface area contributed by atoms with Crippen LogP contribution in [0.1, 0.15) is 12.7 Å². The van der Waals surface area contributed by atoms with Gasteiger partial charge in [0.1, 0.15) is 29.4 Å². The van der Waals surface area contributed by atoms with Crippen LogP contribution in [-0.4, -0.2) is 23.2 Å². The summed E-state index contributed by atoms with van der Waals surface area (Å²) in [5.41, 5.74) is 0. The summed E-state index contributed by atoms with van der Waals surface area (Å²) in [4.78, 5) is 8.50. The molecule has 0 radical (unpaired) electrons. The first-order valence-electron chi connectivity index (χ1n) is 6.12. The number of hydrogen-bond donors (Lipinski definition) is 0. The molecule has 0 saturated carbocycles. The van der Waals surface area contributed by atoms with E-state index in [1.54, 1.807) is 6.07 Å². The fraction of sp³-hybridized carbons (Fsp3) is 0.286. The highest BCUT2D eigenvalue weighted by Crippen LogP contribution is 2.15. The molecule has 2 aromatic rings. The lowest BCUT2D eigenvalue weighted by molar-refractivity contribution is 0.211. The van der Waals surface area contributed by atoms with Crippen LogP contribution < -0.4 is 9.47 Å². The van der Waals surface area contributed by atoms with Gasteiger partial charge in [0, 0.05) is 12.5 Å². The predicted molar refractivity (Wildman–Crippen MR) is 76.5 cm³/mol. The first-order valence-corrected chi connectivity index (χ1v) is 6.91. The van der Waals surface area contributed by atoms with Gasteiger partial charge in [-0.1, -0.05) is 25.1 Å². The van der Waals surface area contributed by atoms with Crippen LogP contribution in [0.4, 0.5) is 0 Å². The van der Waals surface area contributed by atoms with Gasteiger partial charge in [0.05, 0.1) is 0 Å². The van der Waals surface area contributed by atoms with Crippen molar-refractivity contribution in [1.82, 2.24) is 9.97 Å². The van der Waals surface area contributed by atoms with Crippen molar-refractivity contribution in [1.29, 1.82) is 0 Å². The minimum absolute atomic E-state index is 0.446. The van der Waals surface area contributed by atoms with Gasteiger partial charge in [-0.25, -0.2) is 4.98 Å². The van der Waals surface area contributed by atoms with Crippen molar-refractivity contribution >= 4 is 15.9 Å². The molecular formula is C14H15BrN2O2. The maximum absolute atomic E-state index is 5.54. The summed E-state index contributed by atoms with van der Waals surface area (Å²) >= 11 is 3.34. The molecule has 2 rings (SSSR count). The Morgan fingerprint density at radius 1 is 1.05 bits per heavy atom. The summed E-state index contributed by atoms with van der Waals surface area (Å²) < 4.78 is 11.8. The van der Waals surface area contributed by atoms with Crippen LogP contribution in [0.25, 0.3) is 0 Å². The summed E-state index contributed by atoms with van der Waals surface area (Å²) in [6.45, 7) is 2.93. The third-order valence-electron chi connectivity index (χ3n) is 2.38. The molecule has 0 aliphatic carbocycles. The highest BCUT2D eigenvalue weighted by atomic mass is 79.9. The Bertz CT molecular complexity index is 520. The Morgan fingerprint density at radius 2 is 1.79 bits per heavy atom. The normalized spacial score (nSPS) is 10.2. The molecule has 0 aliphatic heterocycles. The first kappa shape index (κ1) is 13.8. The Balaban J connectivity index is 1.81. The smallest absolute Gasteiger partial charge is 0.217 e. The number of benzene rings is 1. The van der Waals surface area contributed by atoms with E-state index in [9.17, 15) is 0 Å². The highest BCUT2D eigenvalue weighted by Gasteiger charge is 2.02. The standard InChI is InChI=1S/C14H15BrN2O2/c1-2-13-16-12(15)10-14(17-13)19-9-8-18-11-6-4-3-5-7-11/h3-7,10H,2,8-9H2,1H3. The van der Waals surface area contributed by atoms with E-state index in [0.29, 0.717) is 19.1 Å². The van der Waals surface area contributed by atoms with Gasteiger partial charge in [0.15, 0.2) is 0 Å². The fourth-order valence-electron chi connectivity index (χ4n) is 1.50. The Labute approximate surface area is 120 Å². The zero-order valence-corrected chi connectivity index (χ0v) is 12.3. The number of ether oxygens (including phenoxy) is 2. The fourth-order valence-corrected chi connectivity index (χ4v) is 1.90. The molecule has 100 valence electrons. The predicted octanol–water partition coefficient (Wildman–Crippen LogP) is 3.26. The molecule has 4 nitrogen and oxygen atoms in total. The monoisotopic (exact) mass is 322 g/mol. The van der Waals surface area contributed by atoms with E-state index >= 15 is 0 Å². The second kappa shape index (κ2) is 7.09. The summed E-state index contributed by atoms with van der Waals surface area (Å²) in [6.07, 6.45) is 0.774. The van der Waals surface area contributed by atoms with Crippen molar-refractivity contribution < 1.29 is 9.47 Å². The molecule has 0 unspecified atom stereocenters. The van der Waals surface area contributed by atoms with E-state index < -0.39 is 0 Å². The van der Waals surface area contributed by atoms with Crippen LogP contribution in [0.5, 0.6) is 11.6 Å². The lowest BCUT2D eigenvalue weighted by Gasteiger charge is -2.08. The molecule has 19 heavy (non-hydrogen) atoms. The maximum atomic E-state index is 5.54. The molecule has 1 heterocycles. The molecule has 0 fully saturated rings. The number of aromatic nitrogens is 2. The number of rotatable bonds is 6. The quantitative estimate of drug-likeness (QED) is 0.605. The zero-order valence-electron chi connectivity index (χ0n) is 10.7. The highest BCUT2D eigenvalue weighted by molar-refractivity contribution is 9.10. The SMILES string of the molecule is CCc1nc(Br)cc(OCCOc2ccccc2)n1. The second-order valence-electron chi connectivity index (χ2n) is 3.81. The van der Waals surface area contributed by atoms with E-state index in [0.717, 1.165) is 22.6 Å². The average molecular weight is 323 g/mol. The van der Waals surface area contributed by atoms with Crippen molar-refractivity contribution in [3.63, 3.8) is 0 Å². The number of nitrogens with zero attached hydrogens (tertiary/aromatic N) is 2. The van der Waals surface area contributed by atoms with Crippen molar-refractivity contribution in [2.45, 2.75) is 13.3 Å². The molecule has 5 heteroatoms. The Kier molecular flexibility index (Phi) is 5.15. The lowest BCUT2D eigenvalue weighted by Crippen LogP contribution is -2.10. The Morgan fingerprint density at radius 3 is 2.53 bits per heavy atom. The van der Waals surface area contributed by atoms with Crippen LogP contribution in [0, 0.1) is 0 Å². The minimum atomic E-state index is 0.446. The number of halogens is 1. The topological polar surface area (TPSA) is 44.2 Å². The van der Waals surface area contributed by atoms with Crippen molar-refractivity contribution in [3.8, 4) is 11.6 Å². The summed E-state index contributed by atoms with van der Waals surface area (Å²) in [5.74, 6) is 2.16. The van der Waals surface area contributed by atoms with Gasteiger partial charge < -0.3 is 9.47 Å². The lowest BCUT2D eigenvalue weighted by atomic mass is 10.3. The van der Waals surface area contributed by atoms with E-state index in [1.807, 2.05) is 37.3 Å². The largest absolute Gasteiger partial charge is 0.490 e. The zero-order chi connectivity index (χ0) is 13.5. The third kappa shape index (κ3) is 4.52. The third-order valence-corrected chi connectivity index (χ3v) is 2.79. The van der Waals surface area contributed by atoms with Crippen LogP contribution >= 0.6 is 15.9 Å². The number of hydrogen-bond acceptors (Lipinski definition) is 4. The van der Waals surface area contributed by atoms with Gasteiger partial charge in [-0.05, 0) is 28.1 Å². The van der Waals surface area contributed by atoms with Crippen LogP contribution in [-0.2, 0) is 6.42 Å². The van der Waals surface area contributed by atoms with Gasteiger partial charge in [0.25, 0.3) is 0 Å². The summed E-state index contributed by atoms with van der Waals surface area (Å²) in [7, 11) is 0. The molecule has 0 saturated heterocycles. The maximum Gasteiger partial charge on any atom is 0.217 e. The molecule has 0 bridgehead atoms. The molecule has 0 atom stereocenters. The first-order chi connectivity index (χ1) is 9.28. The van der Waals surface area contributed by atoms with Crippen molar-refractivity contribution in [3.05, 3.63) is 46.8 Å². The van der Waals surface area contributed by atoms with E-state index in [4.69, 9.17) is 9.47 Å². The van der Waals surface area contributed by atoms with Crippen molar-refractivity contribution in [2.75, 3.05) is 13.2 Å². The van der Waals surface area contributed by atoms with Gasteiger partial charge in [-0.15, -0.1) is 0 Å². The Hall–Kier alpha value is -1.62. The minimum Gasteiger partial charge on any atom is -0.490 e. The van der Waals surface area contributed by atoms with Gasteiger partial charge in [-0.3, -0.25) is 0 Å². The number of aryl methyl sites for hydroxylation is 1. The van der Waals surface area contributed by atoms with Gasteiger partial charge in [0.2, 0.25) is 5.88 Å². The average Bonchev–Trinajstić information content (AvgIpc) is 2.44. The van der Waals surface area contributed by atoms with Gasteiger partial charge >= 0.3 is 0 Å². The second-order valence-corrected chi connectivity index (χ2v) is 4.62. The van der Waals surface area contributed by atoms with Gasteiger partial charge in [-0.2, -0.15) is 4.98 Å². The van der Waals surface area contributed by atoms with Crippen LogP contribution in [0.2, 0.25) is 0 Å². The molecule has 0 spiro atoms. The van der Waals surface area contributed by atoms with E-state index in [2.05, 4.69) is 25.9 Å². The van der Waals surface area contributed by atoms with E-state index in [1.165, 1.54) is 0 Å². The van der Waals surface area contributed by atoms with Crippen molar-refractivity contribution in [2.24, 2.45) is 0 Å². The number of para-hydroxylation sites is 1. The summed E-state index contributed by atoms with van der Waals surface area (Å²) in [6, 6.07) is 11.4. The molecular weight excluding hydrogens is 308 g/mol. The molecule has 1 aromatic heterocycles.